The van der Waals surface area contributed by atoms with Crippen molar-refractivity contribution in [3.8, 4) is 0 Å². The molecule has 0 aromatic carbocycles. The van der Waals surface area contributed by atoms with E-state index < -0.39 is 0 Å². The minimum atomic E-state index is 0.427. The summed E-state index contributed by atoms with van der Waals surface area (Å²) in [5.41, 5.74) is 0. The molecular formula is C11H22ClN. The third kappa shape index (κ3) is 4.87. The van der Waals surface area contributed by atoms with Crippen LogP contribution in [0.2, 0.25) is 0 Å². The normalized spacial score (nSPS) is 24.0. The molecule has 1 unspecified atom stereocenters. The number of likely N-dealkylation sites (tertiary alicyclic amines) is 1. The molecule has 0 amide bonds. The molecular weight excluding hydrogens is 182 g/mol. The average Bonchev–Trinajstić information content (AvgIpc) is 2.51. The van der Waals surface area contributed by atoms with Gasteiger partial charge in [-0.15, -0.1) is 11.6 Å². The summed E-state index contributed by atoms with van der Waals surface area (Å²) >= 11 is 6.03. The molecule has 2 heteroatoms. The highest BCUT2D eigenvalue weighted by Gasteiger charge is 2.18. The minimum absolute atomic E-state index is 0.427. The molecule has 0 N–H and O–H groups in total. The summed E-state index contributed by atoms with van der Waals surface area (Å²) < 4.78 is 0. The molecule has 0 spiro atoms. The van der Waals surface area contributed by atoms with Crippen LogP contribution in [0.25, 0.3) is 0 Å². The zero-order valence-electron chi connectivity index (χ0n) is 8.77. The fourth-order valence-electron chi connectivity index (χ4n) is 1.93. The van der Waals surface area contributed by atoms with Gasteiger partial charge in [-0.05, 0) is 25.9 Å². The quantitative estimate of drug-likeness (QED) is 0.473. The van der Waals surface area contributed by atoms with E-state index >= 15 is 0 Å². The van der Waals surface area contributed by atoms with Crippen LogP contribution in [-0.4, -0.2) is 29.9 Å². The number of unbranched alkanes of at least 4 members (excludes halogenated alkanes) is 4. The van der Waals surface area contributed by atoms with Gasteiger partial charge in [-0.3, -0.25) is 0 Å². The predicted molar refractivity (Wildman–Crippen MR) is 59.5 cm³/mol. The van der Waals surface area contributed by atoms with Crippen LogP contribution in [-0.2, 0) is 0 Å². The lowest BCUT2D eigenvalue weighted by molar-refractivity contribution is 0.328. The van der Waals surface area contributed by atoms with Crippen LogP contribution in [0.1, 0.15) is 45.4 Å². The van der Waals surface area contributed by atoms with Crippen molar-refractivity contribution >= 4 is 11.6 Å². The van der Waals surface area contributed by atoms with Gasteiger partial charge in [-0.1, -0.05) is 32.6 Å². The molecule has 0 bridgehead atoms. The standard InChI is InChI=1S/C11H22ClN/c1-2-3-4-5-6-8-13-9-7-11(12)10-13/h11H,2-10H2,1H3. The van der Waals surface area contributed by atoms with E-state index in [9.17, 15) is 0 Å². The number of nitrogens with zero attached hydrogens (tertiary/aromatic N) is 1. The van der Waals surface area contributed by atoms with Crippen molar-refractivity contribution in [2.45, 2.75) is 50.8 Å². The summed E-state index contributed by atoms with van der Waals surface area (Å²) in [4.78, 5) is 2.50. The molecule has 1 aliphatic rings. The maximum Gasteiger partial charge on any atom is 0.0475 e. The zero-order chi connectivity index (χ0) is 9.52. The molecule has 1 fully saturated rings. The predicted octanol–water partition coefficient (Wildman–Crippen LogP) is 3.27. The third-order valence-corrected chi connectivity index (χ3v) is 3.15. The Balaban J connectivity index is 1.88. The van der Waals surface area contributed by atoms with E-state index in [2.05, 4.69) is 11.8 Å². The first-order valence-corrected chi connectivity index (χ1v) is 6.13. The molecule has 13 heavy (non-hydrogen) atoms. The van der Waals surface area contributed by atoms with E-state index in [4.69, 9.17) is 11.6 Å². The van der Waals surface area contributed by atoms with Crippen LogP contribution in [0.15, 0.2) is 0 Å². The molecule has 78 valence electrons. The van der Waals surface area contributed by atoms with Crippen molar-refractivity contribution < 1.29 is 0 Å². The van der Waals surface area contributed by atoms with Crippen LogP contribution in [0.5, 0.6) is 0 Å². The van der Waals surface area contributed by atoms with Crippen LogP contribution in [0.3, 0.4) is 0 Å². The number of rotatable bonds is 6. The van der Waals surface area contributed by atoms with Crippen molar-refractivity contribution in [3.63, 3.8) is 0 Å². The van der Waals surface area contributed by atoms with Crippen molar-refractivity contribution in [2.75, 3.05) is 19.6 Å². The largest absolute Gasteiger partial charge is 0.302 e. The first kappa shape index (κ1) is 11.3. The second kappa shape index (κ2) is 6.67. The lowest BCUT2D eigenvalue weighted by atomic mass is 10.1. The SMILES string of the molecule is CCCCCCCN1CCC(Cl)C1. The highest BCUT2D eigenvalue weighted by atomic mass is 35.5. The van der Waals surface area contributed by atoms with E-state index in [-0.39, 0.29) is 0 Å². The highest BCUT2D eigenvalue weighted by molar-refractivity contribution is 6.20. The van der Waals surface area contributed by atoms with Crippen LogP contribution < -0.4 is 0 Å². The second-order valence-corrected chi connectivity index (χ2v) is 4.72. The monoisotopic (exact) mass is 203 g/mol. The fraction of sp³-hybridized carbons (Fsp3) is 1.00. The Morgan fingerprint density at radius 1 is 1.23 bits per heavy atom. The lowest BCUT2D eigenvalue weighted by Crippen LogP contribution is -2.21. The molecule has 1 nitrogen and oxygen atoms in total. The van der Waals surface area contributed by atoms with Gasteiger partial charge in [0.05, 0.1) is 0 Å². The van der Waals surface area contributed by atoms with E-state index in [1.165, 1.54) is 51.6 Å². The number of hydrogen-bond acceptors (Lipinski definition) is 1. The van der Waals surface area contributed by atoms with Gasteiger partial charge >= 0.3 is 0 Å². The summed E-state index contributed by atoms with van der Waals surface area (Å²) in [5, 5.41) is 0.427. The first-order chi connectivity index (χ1) is 6.33. The summed E-state index contributed by atoms with van der Waals surface area (Å²) in [6.45, 7) is 5.88. The molecule has 1 heterocycles. The minimum Gasteiger partial charge on any atom is -0.302 e. The summed E-state index contributed by atoms with van der Waals surface area (Å²) in [7, 11) is 0. The maximum absolute atomic E-state index is 6.03. The Morgan fingerprint density at radius 3 is 2.62 bits per heavy atom. The fourth-order valence-corrected chi connectivity index (χ4v) is 2.22. The van der Waals surface area contributed by atoms with Crippen molar-refractivity contribution in [3.05, 3.63) is 0 Å². The van der Waals surface area contributed by atoms with Gasteiger partial charge in [0.2, 0.25) is 0 Å². The number of halogens is 1. The smallest absolute Gasteiger partial charge is 0.0475 e. The molecule has 0 saturated carbocycles. The topological polar surface area (TPSA) is 3.24 Å². The molecule has 0 aromatic heterocycles. The maximum atomic E-state index is 6.03. The van der Waals surface area contributed by atoms with Gasteiger partial charge in [0.15, 0.2) is 0 Å². The number of hydrogen-bond donors (Lipinski definition) is 0. The summed E-state index contributed by atoms with van der Waals surface area (Å²) in [6.07, 6.45) is 8.11. The van der Waals surface area contributed by atoms with Gasteiger partial charge in [-0.2, -0.15) is 0 Å². The average molecular weight is 204 g/mol. The van der Waals surface area contributed by atoms with Gasteiger partial charge in [0.1, 0.15) is 0 Å². The molecule has 1 rings (SSSR count). The first-order valence-electron chi connectivity index (χ1n) is 5.69. The van der Waals surface area contributed by atoms with E-state index in [0.29, 0.717) is 5.38 Å². The van der Waals surface area contributed by atoms with E-state index in [1.807, 2.05) is 0 Å². The highest BCUT2D eigenvalue weighted by Crippen LogP contribution is 2.15. The third-order valence-electron chi connectivity index (χ3n) is 2.79. The zero-order valence-corrected chi connectivity index (χ0v) is 9.52. The molecule has 1 aliphatic heterocycles. The second-order valence-electron chi connectivity index (χ2n) is 4.10. The molecule has 0 aromatic rings. The van der Waals surface area contributed by atoms with Crippen molar-refractivity contribution in [2.24, 2.45) is 0 Å². The lowest BCUT2D eigenvalue weighted by Gasteiger charge is -2.13. The van der Waals surface area contributed by atoms with Crippen molar-refractivity contribution in [1.82, 2.24) is 4.90 Å². The van der Waals surface area contributed by atoms with E-state index in [0.717, 1.165) is 6.54 Å². The molecule has 0 aliphatic carbocycles. The van der Waals surface area contributed by atoms with Crippen LogP contribution in [0.4, 0.5) is 0 Å². The number of alkyl halides is 1. The van der Waals surface area contributed by atoms with Gasteiger partial charge in [0.25, 0.3) is 0 Å². The van der Waals surface area contributed by atoms with Gasteiger partial charge < -0.3 is 4.90 Å². The van der Waals surface area contributed by atoms with Crippen LogP contribution in [0, 0.1) is 0 Å². The molecule has 1 atom stereocenters. The summed E-state index contributed by atoms with van der Waals surface area (Å²) in [6, 6.07) is 0. The Bertz CT molecular complexity index is 127. The Labute approximate surface area is 87.4 Å². The Hall–Kier alpha value is 0.250. The molecule has 1 saturated heterocycles. The summed E-state index contributed by atoms with van der Waals surface area (Å²) in [5.74, 6) is 0. The molecule has 0 radical (unpaired) electrons. The van der Waals surface area contributed by atoms with E-state index in [1.54, 1.807) is 0 Å². The Morgan fingerprint density at radius 2 is 2.00 bits per heavy atom. The van der Waals surface area contributed by atoms with Crippen molar-refractivity contribution in [1.29, 1.82) is 0 Å². The van der Waals surface area contributed by atoms with Gasteiger partial charge in [0, 0.05) is 11.9 Å². The van der Waals surface area contributed by atoms with Crippen LogP contribution >= 0.6 is 11.6 Å². The van der Waals surface area contributed by atoms with Gasteiger partial charge in [-0.25, -0.2) is 0 Å². The Kier molecular flexibility index (Phi) is 5.81.